The summed E-state index contributed by atoms with van der Waals surface area (Å²) >= 11 is 14.7. The van der Waals surface area contributed by atoms with E-state index >= 15 is 0 Å². The molecule has 0 amide bonds. The summed E-state index contributed by atoms with van der Waals surface area (Å²) in [5.41, 5.74) is 0.584. The molecule has 0 radical (unpaired) electrons. The lowest BCUT2D eigenvalue weighted by Crippen LogP contribution is -2.07. The van der Waals surface area contributed by atoms with Gasteiger partial charge in [-0.15, -0.1) is 0 Å². The van der Waals surface area contributed by atoms with Gasteiger partial charge in [0.1, 0.15) is 0 Å². The Hall–Kier alpha value is -0.970. The van der Waals surface area contributed by atoms with Crippen LogP contribution < -0.4 is 0 Å². The van der Waals surface area contributed by atoms with Gasteiger partial charge >= 0.3 is 0 Å². The molecule has 0 bridgehead atoms. The SMILES string of the molecule is O=C(Cc1cccc(Cl)c1Cl)c1ccc(F)c(F)c1Br. The molecule has 1 nitrogen and oxygen atoms in total. The van der Waals surface area contributed by atoms with E-state index in [2.05, 4.69) is 15.9 Å². The first-order chi connectivity index (χ1) is 9.41. The zero-order valence-electron chi connectivity index (χ0n) is 9.89. The molecule has 0 N–H and O–H groups in total. The first kappa shape index (κ1) is 15.4. The molecule has 0 spiro atoms. The van der Waals surface area contributed by atoms with Crippen LogP contribution in [0.15, 0.2) is 34.8 Å². The van der Waals surface area contributed by atoms with Gasteiger partial charge in [0, 0.05) is 12.0 Å². The van der Waals surface area contributed by atoms with Gasteiger partial charge in [-0.3, -0.25) is 4.79 Å². The van der Waals surface area contributed by atoms with Crippen molar-refractivity contribution in [3.63, 3.8) is 0 Å². The third-order valence-electron chi connectivity index (χ3n) is 2.72. The van der Waals surface area contributed by atoms with Crippen LogP contribution in [-0.4, -0.2) is 5.78 Å². The molecule has 20 heavy (non-hydrogen) atoms. The van der Waals surface area contributed by atoms with E-state index in [0.29, 0.717) is 10.6 Å². The summed E-state index contributed by atoms with van der Waals surface area (Å²) in [5, 5.41) is 0.613. The zero-order chi connectivity index (χ0) is 14.9. The lowest BCUT2D eigenvalue weighted by atomic mass is 10.0. The summed E-state index contributed by atoms with van der Waals surface area (Å²) in [5.74, 6) is -2.50. The summed E-state index contributed by atoms with van der Waals surface area (Å²) in [6.45, 7) is 0. The highest BCUT2D eigenvalue weighted by Gasteiger charge is 2.18. The highest BCUT2D eigenvalue weighted by molar-refractivity contribution is 9.10. The second kappa shape index (κ2) is 6.20. The lowest BCUT2D eigenvalue weighted by molar-refractivity contribution is 0.0991. The van der Waals surface area contributed by atoms with Gasteiger partial charge < -0.3 is 0 Å². The Bertz CT molecular complexity index is 689. The van der Waals surface area contributed by atoms with Crippen molar-refractivity contribution in [2.45, 2.75) is 6.42 Å². The van der Waals surface area contributed by atoms with Crippen molar-refractivity contribution in [2.24, 2.45) is 0 Å². The summed E-state index contributed by atoms with van der Waals surface area (Å²) in [7, 11) is 0. The first-order valence-corrected chi connectivity index (χ1v) is 7.06. The van der Waals surface area contributed by atoms with Crippen LogP contribution in [0.5, 0.6) is 0 Å². The Balaban J connectivity index is 2.34. The third kappa shape index (κ3) is 3.03. The number of carbonyl (C=O) groups excluding carboxylic acids is 1. The Morgan fingerprint density at radius 3 is 2.55 bits per heavy atom. The van der Waals surface area contributed by atoms with Crippen molar-refractivity contribution in [1.82, 2.24) is 0 Å². The average molecular weight is 380 g/mol. The van der Waals surface area contributed by atoms with E-state index in [0.717, 1.165) is 6.07 Å². The molecule has 104 valence electrons. The molecule has 0 aliphatic rings. The topological polar surface area (TPSA) is 17.1 Å². The minimum Gasteiger partial charge on any atom is -0.294 e. The van der Waals surface area contributed by atoms with E-state index in [1.807, 2.05) is 0 Å². The number of carbonyl (C=O) groups is 1. The molecule has 0 saturated heterocycles. The summed E-state index contributed by atoms with van der Waals surface area (Å²) in [6.07, 6.45) is -0.0525. The van der Waals surface area contributed by atoms with Crippen LogP contribution in [0.1, 0.15) is 15.9 Å². The Morgan fingerprint density at radius 2 is 1.85 bits per heavy atom. The van der Waals surface area contributed by atoms with Gasteiger partial charge in [0.2, 0.25) is 0 Å². The summed E-state index contributed by atoms with van der Waals surface area (Å²) in [4.78, 5) is 12.1. The molecule has 0 saturated carbocycles. The predicted molar refractivity (Wildman–Crippen MR) is 78.6 cm³/mol. The minimum atomic E-state index is -1.09. The maximum atomic E-state index is 13.4. The first-order valence-electron chi connectivity index (χ1n) is 5.51. The monoisotopic (exact) mass is 378 g/mol. The van der Waals surface area contributed by atoms with E-state index in [1.165, 1.54) is 6.07 Å². The summed E-state index contributed by atoms with van der Waals surface area (Å²) < 4.78 is 26.2. The maximum Gasteiger partial charge on any atom is 0.173 e. The number of rotatable bonds is 3. The van der Waals surface area contributed by atoms with Crippen LogP contribution in [0.3, 0.4) is 0 Å². The zero-order valence-corrected chi connectivity index (χ0v) is 13.0. The molecular weight excluding hydrogens is 373 g/mol. The van der Waals surface area contributed by atoms with Crippen LogP contribution in [-0.2, 0) is 6.42 Å². The van der Waals surface area contributed by atoms with E-state index in [9.17, 15) is 13.6 Å². The van der Waals surface area contributed by atoms with E-state index < -0.39 is 11.6 Å². The average Bonchev–Trinajstić information content (AvgIpc) is 2.41. The van der Waals surface area contributed by atoms with E-state index in [-0.39, 0.29) is 27.3 Å². The van der Waals surface area contributed by atoms with E-state index in [4.69, 9.17) is 23.2 Å². The molecule has 0 atom stereocenters. The number of ketones is 1. The van der Waals surface area contributed by atoms with Crippen molar-refractivity contribution in [2.75, 3.05) is 0 Å². The molecule has 0 aliphatic carbocycles. The van der Waals surface area contributed by atoms with Crippen molar-refractivity contribution >= 4 is 44.9 Å². The maximum absolute atomic E-state index is 13.4. The fourth-order valence-corrected chi connectivity index (χ4v) is 2.62. The normalized spacial score (nSPS) is 10.7. The Labute approximate surface area is 132 Å². The van der Waals surface area contributed by atoms with Gasteiger partial charge in [0.25, 0.3) is 0 Å². The molecule has 2 rings (SSSR count). The summed E-state index contributed by atoms with van der Waals surface area (Å²) in [6, 6.07) is 7.05. The van der Waals surface area contributed by atoms with E-state index in [1.54, 1.807) is 18.2 Å². The fourth-order valence-electron chi connectivity index (χ4n) is 1.69. The molecule has 0 fully saturated rings. The largest absolute Gasteiger partial charge is 0.294 e. The standard InChI is InChI=1S/C14H7BrCl2F2O/c15-12-8(4-5-10(18)14(12)19)11(20)6-7-2-1-3-9(16)13(7)17/h1-5H,6H2. The lowest BCUT2D eigenvalue weighted by Gasteiger charge is -2.07. The molecule has 0 aliphatic heterocycles. The molecule has 0 heterocycles. The predicted octanol–water partition coefficient (Wildman–Crippen LogP) is 5.46. The van der Waals surface area contributed by atoms with Gasteiger partial charge in [-0.1, -0.05) is 35.3 Å². The smallest absolute Gasteiger partial charge is 0.173 e. The molecule has 0 aromatic heterocycles. The fraction of sp³-hybridized carbons (Fsp3) is 0.0714. The highest BCUT2D eigenvalue weighted by Crippen LogP contribution is 2.28. The quantitative estimate of drug-likeness (QED) is 0.511. The molecule has 0 unspecified atom stereocenters. The van der Waals surface area contributed by atoms with Crippen LogP contribution in [0.25, 0.3) is 0 Å². The van der Waals surface area contributed by atoms with Crippen molar-refractivity contribution in [3.8, 4) is 0 Å². The molecular formula is C14H7BrCl2F2O. The molecule has 2 aromatic carbocycles. The van der Waals surface area contributed by atoms with Crippen LogP contribution in [0.4, 0.5) is 8.78 Å². The number of benzene rings is 2. The third-order valence-corrected chi connectivity index (χ3v) is 4.35. The number of hydrogen-bond acceptors (Lipinski definition) is 1. The second-order valence-electron chi connectivity index (χ2n) is 4.04. The Kier molecular flexibility index (Phi) is 4.78. The number of hydrogen-bond donors (Lipinski definition) is 0. The van der Waals surface area contributed by atoms with Crippen molar-refractivity contribution in [3.05, 3.63) is 67.6 Å². The molecule has 2 aromatic rings. The van der Waals surface area contributed by atoms with Crippen LogP contribution in [0.2, 0.25) is 10.0 Å². The van der Waals surface area contributed by atoms with Gasteiger partial charge in [-0.2, -0.15) is 0 Å². The second-order valence-corrected chi connectivity index (χ2v) is 5.61. The Morgan fingerprint density at radius 1 is 1.15 bits per heavy atom. The van der Waals surface area contributed by atoms with Gasteiger partial charge in [0.05, 0.1) is 14.5 Å². The van der Waals surface area contributed by atoms with Gasteiger partial charge in [0.15, 0.2) is 17.4 Å². The van der Waals surface area contributed by atoms with Crippen LogP contribution in [0, 0.1) is 11.6 Å². The number of halogens is 5. The molecule has 6 heteroatoms. The highest BCUT2D eigenvalue weighted by atomic mass is 79.9. The van der Waals surface area contributed by atoms with Gasteiger partial charge in [-0.05, 0) is 39.7 Å². The van der Waals surface area contributed by atoms with Gasteiger partial charge in [-0.25, -0.2) is 8.78 Å². The van der Waals surface area contributed by atoms with Crippen molar-refractivity contribution < 1.29 is 13.6 Å². The number of Topliss-reactive ketones (excluding diaryl/α,β-unsaturated/α-hetero) is 1. The van der Waals surface area contributed by atoms with Crippen molar-refractivity contribution in [1.29, 1.82) is 0 Å². The van der Waals surface area contributed by atoms with Crippen LogP contribution >= 0.6 is 39.1 Å². The minimum absolute atomic E-state index is 0.0525.